The van der Waals surface area contributed by atoms with E-state index in [4.69, 9.17) is 5.14 Å². The number of aliphatic hydroxyl groups is 1. The van der Waals surface area contributed by atoms with E-state index in [-0.39, 0.29) is 21.7 Å². The fraction of sp³-hybridized carbons (Fsp3) is 0.400. The fourth-order valence-corrected chi connectivity index (χ4v) is 3.89. The molecule has 0 fully saturated rings. The van der Waals surface area contributed by atoms with Crippen molar-refractivity contribution < 1.29 is 26.7 Å². The van der Waals surface area contributed by atoms with Gasteiger partial charge in [0.25, 0.3) is 0 Å². The maximum absolute atomic E-state index is 13.3. The van der Waals surface area contributed by atoms with Crippen molar-refractivity contribution in [1.29, 1.82) is 0 Å². The Balaban J connectivity index is 2.19. The van der Waals surface area contributed by atoms with Gasteiger partial charge >= 0.3 is 6.18 Å². The molecule has 0 amide bonds. The van der Waals surface area contributed by atoms with E-state index in [1.807, 2.05) is 0 Å². The molecule has 1 aliphatic rings. The SMILES string of the molecule is NS(=O)(=O)c1ccc(-n2nc(C(F)(F)F)c3c2CCCC3)cc1CO. The fourth-order valence-electron chi connectivity index (χ4n) is 3.14. The number of nitrogens with two attached hydrogens (primary N) is 1. The highest BCUT2D eigenvalue weighted by atomic mass is 32.2. The van der Waals surface area contributed by atoms with Crippen molar-refractivity contribution in [3.8, 4) is 5.69 Å². The van der Waals surface area contributed by atoms with Crippen molar-refractivity contribution in [3.63, 3.8) is 0 Å². The lowest BCUT2D eigenvalue weighted by Gasteiger charge is -2.15. The van der Waals surface area contributed by atoms with Gasteiger partial charge in [-0.1, -0.05) is 0 Å². The van der Waals surface area contributed by atoms with Gasteiger partial charge < -0.3 is 5.11 Å². The third-order valence-corrected chi connectivity index (χ3v) is 5.23. The minimum Gasteiger partial charge on any atom is -0.392 e. The summed E-state index contributed by atoms with van der Waals surface area (Å²) in [4.78, 5) is -0.268. The summed E-state index contributed by atoms with van der Waals surface area (Å²) < 4.78 is 64.0. The van der Waals surface area contributed by atoms with Crippen LogP contribution in [0.1, 0.15) is 35.4 Å². The first-order valence-corrected chi connectivity index (χ1v) is 9.12. The molecular formula is C15H16F3N3O3S. The Morgan fingerprint density at radius 2 is 1.92 bits per heavy atom. The smallest absolute Gasteiger partial charge is 0.392 e. The predicted octanol–water partition coefficient (Wildman–Crippen LogP) is 1.91. The van der Waals surface area contributed by atoms with Gasteiger partial charge in [0.15, 0.2) is 5.69 Å². The van der Waals surface area contributed by atoms with E-state index in [1.54, 1.807) is 0 Å². The van der Waals surface area contributed by atoms with Crippen LogP contribution < -0.4 is 5.14 Å². The highest BCUT2D eigenvalue weighted by molar-refractivity contribution is 7.89. The lowest BCUT2D eigenvalue weighted by Crippen LogP contribution is -2.15. The number of primary sulfonamides is 1. The van der Waals surface area contributed by atoms with Gasteiger partial charge in [-0.3, -0.25) is 0 Å². The Labute approximate surface area is 142 Å². The second-order valence-electron chi connectivity index (χ2n) is 5.89. The topological polar surface area (TPSA) is 98.2 Å². The van der Waals surface area contributed by atoms with Gasteiger partial charge in [-0.25, -0.2) is 18.2 Å². The van der Waals surface area contributed by atoms with Crippen molar-refractivity contribution in [3.05, 3.63) is 40.7 Å². The molecule has 0 spiro atoms. The number of hydrogen-bond donors (Lipinski definition) is 2. The third-order valence-electron chi connectivity index (χ3n) is 4.21. The second kappa shape index (κ2) is 6.11. The average Bonchev–Trinajstić information content (AvgIpc) is 2.93. The van der Waals surface area contributed by atoms with Crippen LogP contribution in [0.5, 0.6) is 0 Å². The number of aromatic nitrogens is 2. The summed E-state index contributed by atoms with van der Waals surface area (Å²) in [5.41, 5.74) is -0.00682. The summed E-state index contributed by atoms with van der Waals surface area (Å²) in [6.45, 7) is -0.616. The number of rotatable bonds is 3. The van der Waals surface area contributed by atoms with E-state index in [2.05, 4.69) is 5.10 Å². The molecule has 0 saturated carbocycles. The highest BCUT2D eigenvalue weighted by Crippen LogP contribution is 2.37. The highest BCUT2D eigenvalue weighted by Gasteiger charge is 2.39. The summed E-state index contributed by atoms with van der Waals surface area (Å²) >= 11 is 0. The molecule has 1 aromatic carbocycles. The largest absolute Gasteiger partial charge is 0.435 e. The Hall–Kier alpha value is -1.91. The molecule has 0 unspecified atom stereocenters. The zero-order valence-corrected chi connectivity index (χ0v) is 13.9. The maximum atomic E-state index is 13.3. The Morgan fingerprint density at radius 3 is 2.52 bits per heavy atom. The molecule has 1 aliphatic carbocycles. The molecule has 6 nitrogen and oxygen atoms in total. The lowest BCUT2D eigenvalue weighted by atomic mass is 9.95. The summed E-state index contributed by atoms with van der Waals surface area (Å²) in [7, 11) is -4.05. The summed E-state index contributed by atoms with van der Waals surface area (Å²) in [6, 6.07) is 3.79. The Morgan fingerprint density at radius 1 is 1.24 bits per heavy atom. The number of fused-ring (bicyclic) bond motifs is 1. The van der Waals surface area contributed by atoms with Crippen LogP contribution in [0.3, 0.4) is 0 Å². The first-order valence-electron chi connectivity index (χ1n) is 7.58. The summed E-state index contributed by atoms with van der Waals surface area (Å²) in [5, 5.41) is 18.2. The third kappa shape index (κ3) is 3.29. The number of aliphatic hydroxyl groups excluding tert-OH is 1. The summed E-state index contributed by atoms with van der Waals surface area (Å²) in [6.07, 6.45) is -2.41. The van der Waals surface area contributed by atoms with Gasteiger partial charge in [-0.05, 0) is 49.4 Å². The number of sulfonamides is 1. The predicted molar refractivity (Wildman–Crippen MR) is 82.5 cm³/mol. The van der Waals surface area contributed by atoms with Crippen LogP contribution in [-0.2, 0) is 35.6 Å². The van der Waals surface area contributed by atoms with Gasteiger partial charge in [-0.15, -0.1) is 0 Å². The average molecular weight is 375 g/mol. The first-order chi connectivity index (χ1) is 11.6. The number of nitrogens with zero attached hydrogens (tertiary/aromatic N) is 2. The molecule has 0 aliphatic heterocycles. The van der Waals surface area contributed by atoms with Crippen LogP contribution in [0.4, 0.5) is 13.2 Å². The van der Waals surface area contributed by atoms with Crippen molar-refractivity contribution in [2.24, 2.45) is 5.14 Å². The van der Waals surface area contributed by atoms with Crippen molar-refractivity contribution in [2.45, 2.75) is 43.4 Å². The van der Waals surface area contributed by atoms with Crippen LogP contribution in [-0.4, -0.2) is 23.3 Å². The lowest BCUT2D eigenvalue weighted by molar-refractivity contribution is -0.142. The molecule has 2 aromatic rings. The molecule has 0 atom stereocenters. The van der Waals surface area contributed by atoms with Crippen LogP contribution in [0.2, 0.25) is 0 Å². The molecular weight excluding hydrogens is 359 g/mol. The van der Waals surface area contributed by atoms with Gasteiger partial charge in [0.2, 0.25) is 10.0 Å². The number of benzene rings is 1. The van der Waals surface area contributed by atoms with E-state index in [1.165, 1.54) is 22.9 Å². The van der Waals surface area contributed by atoms with Crippen molar-refractivity contribution in [1.82, 2.24) is 9.78 Å². The van der Waals surface area contributed by atoms with Gasteiger partial charge in [0.05, 0.1) is 17.2 Å². The zero-order chi connectivity index (χ0) is 18.4. The van der Waals surface area contributed by atoms with Crippen LogP contribution >= 0.6 is 0 Å². The molecule has 1 aromatic heterocycles. The number of hydrogen-bond acceptors (Lipinski definition) is 4. The maximum Gasteiger partial charge on any atom is 0.435 e. The van der Waals surface area contributed by atoms with Crippen LogP contribution in [0.25, 0.3) is 5.69 Å². The molecule has 1 heterocycles. The minimum atomic E-state index is -4.56. The van der Waals surface area contributed by atoms with Crippen molar-refractivity contribution in [2.75, 3.05) is 0 Å². The molecule has 3 rings (SSSR count). The molecule has 0 saturated heterocycles. The van der Waals surface area contributed by atoms with Crippen molar-refractivity contribution >= 4 is 10.0 Å². The number of halogens is 3. The normalized spacial score (nSPS) is 15.2. The van der Waals surface area contributed by atoms with Gasteiger partial charge in [0, 0.05) is 11.3 Å². The zero-order valence-electron chi connectivity index (χ0n) is 13.0. The minimum absolute atomic E-state index is 0.00798. The van der Waals surface area contributed by atoms with E-state index >= 15 is 0 Å². The number of alkyl halides is 3. The van der Waals surface area contributed by atoms with E-state index in [0.717, 1.165) is 6.42 Å². The second-order valence-corrected chi connectivity index (χ2v) is 7.42. The molecule has 3 N–H and O–H groups in total. The molecule has 10 heteroatoms. The van der Waals surface area contributed by atoms with E-state index < -0.39 is 28.5 Å². The van der Waals surface area contributed by atoms with Crippen LogP contribution in [0, 0.1) is 0 Å². The standard InChI is InChI=1S/C15H16F3N3O3S/c16-15(17,18)14-11-3-1-2-4-12(11)21(20-14)10-5-6-13(25(19,23)24)9(7-10)8-22/h5-7,22H,1-4,8H2,(H2,19,23,24). The monoisotopic (exact) mass is 375 g/mol. The first kappa shape index (κ1) is 17.9. The van der Waals surface area contributed by atoms with E-state index in [0.29, 0.717) is 25.0 Å². The molecule has 25 heavy (non-hydrogen) atoms. The molecule has 0 bridgehead atoms. The molecule has 136 valence electrons. The van der Waals surface area contributed by atoms with Gasteiger partial charge in [0.1, 0.15) is 0 Å². The van der Waals surface area contributed by atoms with Crippen LogP contribution in [0.15, 0.2) is 23.1 Å². The molecule has 0 radical (unpaired) electrons. The quantitative estimate of drug-likeness (QED) is 0.856. The Kier molecular flexibility index (Phi) is 4.38. The van der Waals surface area contributed by atoms with E-state index in [9.17, 15) is 26.7 Å². The summed E-state index contributed by atoms with van der Waals surface area (Å²) in [5.74, 6) is 0. The van der Waals surface area contributed by atoms with Gasteiger partial charge in [-0.2, -0.15) is 18.3 Å². The Bertz CT molecular complexity index is 920.